The Kier molecular flexibility index (Phi) is 8.33. The number of nitrogens with one attached hydrogen (secondary N) is 1. The van der Waals surface area contributed by atoms with Gasteiger partial charge < -0.3 is 10.1 Å². The minimum Gasteiger partial charge on any atom is -0.497 e. The maximum absolute atomic E-state index is 12.7. The van der Waals surface area contributed by atoms with E-state index in [1.54, 1.807) is 43.1 Å². The van der Waals surface area contributed by atoms with E-state index < -0.39 is 0 Å². The highest BCUT2D eigenvalue weighted by molar-refractivity contribution is 7.99. The van der Waals surface area contributed by atoms with Gasteiger partial charge in [-0.15, -0.1) is 10.2 Å². The Balaban J connectivity index is 1.95. The molecule has 1 aromatic heterocycles. The summed E-state index contributed by atoms with van der Waals surface area (Å²) >= 11 is 1.72. The average molecular weight is 453 g/mol. The molecule has 1 heterocycles. The Bertz CT molecular complexity index is 1020. The molecule has 0 fully saturated rings. The third kappa shape index (κ3) is 5.33. The minimum absolute atomic E-state index is 0.155. The predicted molar refractivity (Wildman–Crippen MR) is 130 cm³/mol. The van der Waals surface area contributed by atoms with Gasteiger partial charge >= 0.3 is 0 Å². The van der Waals surface area contributed by atoms with Crippen molar-refractivity contribution in [3.8, 4) is 11.4 Å². The van der Waals surface area contributed by atoms with E-state index in [0.29, 0.717) is 17.4 Å². The molecule has 0 saturated carbocycles. The summed E-state index contributed by atoms with van der Waals surface area (Å²) in [6.07, 6.45) is 2.86. The quantitative estimate of drug-likeness (QED) is 0.427. The number of methoxy groups -OCH3 is 1. The van der Waals surface area contributed by atoms with Gasteiger partial charge in [0.1, 0.15) is 5.75 Å². The van der Waals surface area contributed by atoms with Gasteiger partial charge in [0.25, 0.3) is 5.91 Å². The van der Waals surface area contributed by atoms with Gasteiger partial charge in [0.15, 0.2) is 11.0 Å². The van der Waals surface area contributed by atoms with Crippen molar-refractivity contribution in [3.63, 3.8) is 0 Å². The van der Waals surface area contributed by atoms with Crippen molar-refractivity contribution < 1.29 is 9.53 Å². The number of hydrogen-bond acceptors (Lipinski definition) is 5. The molecule has 7 heteroatoms. The molecule has 2 aromatic carbocycles. The number of aryl methyl sites for hydroxylation is 2. The Labute approximate surface area is 194 Å². The molecule has 32 heavy (non-hydrogen) atoms. The van der Waals surface area contributed by atoms with E-state index in [1.165, 1.54) is 11.1 Å². The van der Waals surface area contributed by atoms with Crippen molar-refractivity contribution in [1.29, 1.82) is 0 Å². The molecular formula is C25H32N4O2S. The molecule has 0 aliphatic rings. The Morgan fingerprint density at radius 3 is 2.28 bits per heavy atom. The maximum Gasteiger partial charge on any atom is 0.251 e. The largest absolute Gasteiger partial charge is 0.497 e. The van der Waals surface area contributed by atoms with Crippen LogP contribution in [0.1, 0.15) is 61.4 Å². The average Bonchev–Trinajstić information content (AvgIpc) is 3.23. The molecule has 170 valence electrons. The number of aromatic nitrogens is 3. The zero-order valence-electron chi connectivity index (χ0n) is 19.5. The van der Waals surface area contributed by atoms with Gasteiger partial charge in [-0.3, -0.25) is 9.36 Å². The number of carbonyl (C=O) groups is 1. The Morgan fingerprint density at radius 2 is 1.72 bits per heavy atom. The number of ether oxygens (including phenoxy) is 1. The van der Waals surface area contributed by atoms with Crippen molar-refractivity contribution in [1.82, 2.24) is 20.1 Å². The SMILES string of the molecule is CCc1cccc(CC)c1-n1c(CNC(=O)c2ccc(OC)cc2)nnc1S[C@@H](C)CC. The van der Waals surface area contributed by atoms with Crippen molar-refractivity contribution in [2.75, 3.05) is 7.11 Å². The van der Waals surface area contributed by atoms with Crippen LogP contribution in [-0.4, -0.2) is 33.0 Å². The molecule has 0 spiro atoms. The van der Waals surface area contributed by atoms with Gasteiger partial charge in [0, 0.05) is 10.8 Å². The molecule has 0 aliphatic carbocycles. The van der Waals surface area contributed by atoms with Crippen LogP contribution in [0.25, 0.3) is 5.69 Å². The van der Waals surface area contributed by atoms with Gasteiger partial charge in [0.2, 0.25) is 0 Å². The van der Waals surface area contributed by atoms with Gasteiger partial charge in [0.05, 0.1) is 19.3 Å². The zero-order chi connectivity index (χ0) is 23.1. The second kappa shape index (κ2) is 11.2. The molecule has 0 aliphatic heterocycles. The topological polar surface area (TPSA) is 69.0 Å². The van der Waals surface area contributed by atoms with Crippen molar-refractivity contribution in [2.45, 2.75) is 63.9 Å². The first-order chi connectivity index (χ1) is 15.5. The predicted octanol–water partition coefficient (Wildman–Crippen LogP) is 5.22. The molecule has 0 bridgehead atoms. The molecule has 0 saturated heterocycles. The van der Waals surface area contributed by atoms with E-state index in [9.17, 15) is 4.79 Å². The minimum atomic E-state index is -0.155. The van der Waals surface area contributed by atoms with E-state index in [1.807, 2.05) is 0 Å². The van der Waals surface area contributed by atoms with Crippen molar-refractivity contribution in [3.05, 3.63) is 65.0 Å². The van der Waals surface area contributed by atoms with Crippen LogP contribution in [0.5, 0.6) is 5.75 Å². The van der Waals surface area contributed by atoms with E-state index in [2.05, 4.69) is 66.0 Å². The molecule has 1 N–H and O–H groups in total. The van der Waals surface area contributed by atoms with Crippen molar-refractivity contribution >= 4 is 17.7 Å². The molecule has 3 rings (SSSR count). The van der Waals surface area contributed by atoms with Crippen LogP contribution in [-0.2, 0) is 19.4 Å². The number of thioether (sulfide) groups is 1. The van der Waals surface area contributed by atoms with E-state index in [0.717, 1.165) is 41.7 Å². The molecule has 0 radical (unpaired) electrons. The first kappa shape index (κ1) is 23.9. The van der Waals surface area contributed by atoms with E-state index in [4.69, 9.17) is 4.74 Å². The number of nitrogens with zero attached hydrogens (tertiary/aromatic N) is 3. The fraction of sp³-hybridized carbons (Fsp3) is 0.400. The van der Waals surface area contributed by atoms with Gasteiger partial charge in [-0.05, 0) is 54.7 Å². The summed E-state index contributed by atoms with van der Waals surface area (Å²) < 4.78 is 7.32. The van der Waals surface area contributed by atoms with Gasteiger partial charge in [-0.2, -0.15) is 0 Å². The zero-order valence-corrected chi connectivity index (χ0v) is 20.3. The maximum atomic E-state index is 12.7. The van der Waals surface area contributed by atoms with Crippen molar-refractivity contribution in [2.24, 2.45) is 0 Å². The van der Waals surface area contributed by atoms with Crippen LogP contribution in [0.3, 0.4) is 0 Å². The number of carbonyl (C=O) groups excluding carboxylic acids is 1. The molecule has 0 unspecified atom stereocenters. The lowest BCUT2D eigenvalue weighted by atomic mass is 10.0. The first-order valence-electron chi connectivity index (χ1n) is 11.2. The van der Waals surface area contributed by atoms with E-state index in [-0.39, 0.29) is 5.91 Å². The first-order valence-corrected chi connectivity index (χ1v) is 12.0. The standard InChI is InChI=1S/C25H32N4O2S/c1-6-17(4)32-25-28-27-22(16-26-24(30)20-12-14-21(31-5)15-13-20)29(25)23-18(7-2)10-9-11-19(23)8-3/h9-15,17H,6-8,16H2,1-5H3,(H,26,30)/t17-/m0/s1. The molecule has 3 aromatic rings. The van der Waals surface area contributed by atoms with Gasteiger partial charge in [-0.1, -0.05) is 57.7 Å². The smallest absolute Gasteiger partial charge is 0.251 e. The van der Waals surface area contributed by atoms with Crippen LogP contribution in [0.15, 0.2) is 47.6 Å². The van der Waals surface area contributed by atoms with Crippen LogP contribution >= 0.6 is 11.8 Å². The summed E-state index contributed by atoms with van der Waals surface area (Å²) in [7, 11) is 1.61. The molecule has 1 amide bonds. The normalized spacial score (nSPS) is 11.9. The summed E-state index contributed by atoms with van der Waals surface area (Å²) in [5.74, 6) is 1.29. The third-order valence-corrected chi connectivity index (χ3v) is 6.74. The van der Waals surface area contributed by atoms with Crippen LogP contribution in [0.2, 0.25) is 0 Å². The summed E-state index contributed by atoms with van der Waals surface area (Å²) in [6.45, 7) is 8.98. The Hall–Kier alpha value is -2.80. The fourth-order valence-electron chi connectivity index (χ4n) is 3.49. The number of amides is 1. The number of rotatable bonds is 10. The van der Waals surface area contributed by atoms with Crippen LogP contribution in [0.4, 0.5) is 0 Å². The summed E-state index contributed by atoms with van der Waals surface area (Å²) in [5, 5.41) is 13.3. The highest BCUT2D eigenvalue weighted by Crippen LogP contribution is 2.31. The lowest BCUT2D eigenvalue weighted by molar-refractivity contribution is 0.0949. The number of benzene rings is 2. The number of hydrogen-bond donors (Lipinski definition) is 1. The van der Waals surface area contributed by atoms with Crippen LogP contribution < -0.4 is 10.1 Å². The molecule has 1 atom stereocenters. The fourth-order valence-corrected chi connectivity index (χ4v) is 4.40. The lowest BCUT2D eigenvalue weighted by Crippen LogP contribution is -2.25. The summed E-state index contributed by atoms with van der Waals surface area (Å²) in [4.78, 5) is 12.7. The lowest BCUT2D eigenvalue weighted by Gasteiger charge is -2.19. The third-order valence-electron chi connectivity index (χ3n) is 5.53. The second-order valence-electron chi connectivity index (χ2n) is 7.61. The van der Waals surface area contributed by atoms with Gasteiger partial charge in [-0.25, -0.2) is 0 Å². The monoisotopic (exact) mass is 452 g/mol. The Morgan fingerprint density at radius 1 is 1.06 bits per heavy atom. The highest BCUT2D eigenvalue weighted by Gasteiger charge is 2.21. The van der Waals surface area contributed by atoms with Crippen LogP contribution in [0, 0.1) is 0 Å². The summed E-state index contributed by atoms with van der Waals surface area (Å²) in [6, 6.07) is 13.5. The summed E-state index contributed by atoms with van der Waals surface area (Å²) in [5.41, 5.74) is 4.21. The second-order valence-corrected chi connectivity index (χ2v) is 9.02. The highest BCUT2D eigenvalue weighted by atomic mass is 32.2. The molecule has 6 nitrogen and oxygen atoms in total. The number of para-hydroxylation sites is 1. The molecular weight excluding hydrogens is 420 g/mol. The van der Waals surface area contributed by atoms with E-state index >= 15 is 0 Å².